The summed E-state index contributed by atoms with van der Waals surface area (Å²) in [4.78, 5) is 12.3. The highest BCUT2D eigenvalue weighted by atomic mass is 16.4. The van der Waals surface area contributed by atoms with Crippen molar-refractivity contribution >= 4 is 5.91 Å². The molecule has 0 saturated heterocycles. The molecule has 1 saturated carbocycles. The van der Waals surface area contributed by atoms with Gasteiger partial charge < -0.3 is 14.3 Å². The fourth-order valence-corrected chi connectivity index (χ4v) is 3.17. The number of nitrogens with zero attached hydrogens (tertiary/aromatic N) is 3. The third-order valence-electron chi connectivity index (χ3n) is 4.54. The van der Waals surface area contributed by atoms with Crippen LogP contribution < -0.4 is 5.32 Å². The quantitative estimate of drug-likeness (QED) is 0.939. The molecule has 0 aliphatic heterocycles. The maximum Gasteiger partial charge on any atom is 0.253 e. The van der Waals surface area contributed by atoms with Crippen LogP contribution in [0.25, 0.3) is 0 Å². The van der Waals surface area contributed by atoms with Gasteiger partial charge in [0, 0.05) is 38.3 Å². The number of aryl methyl sites for hydroxylation is 2. The molecule has 2 aromatic rings. The molecule has 1 fully saturated rings. The predicted molar refractivity (Wildman–Crippen MR) is 81.5 cm³/mol. The summed E-state index contributed by atoms with van der Waals surface area (Å²) >= 11 is 0. The lowest BCUT2D eigenvalue weighted by Gasteiger charge is -2.13. The molecule has 118 valence electrons. The van der Waals surface area contributed by atoms with Gasteiger partial charge >= 0.3 is 0 Å². The van der Waals surface area contributed by atoms with E-state index in [9.17, 15) is 4.79 Å². The van der Waals surface area contributed by atoms with Crippen LogP contribution in [-0.2, 0) is 13.5 Å². The minimum atomic E-state index is 0.0254. The lowest BCUT2D eigenvalue weighted by molar-refractivity contribution is 0.0936. The molecule has 2 heterocycles. The highest BCUT2D eigenvalue weighted by molar-refractivity contribution is 5.95. The van der Waals surface area contributed by atoms with Crippen molar-refractivity contribution in [3.63, 3.8) is 0 Å². The summed E-state index contributed by atoms with van der Waals surface area (Å²) in [5.74, 6) is 1.84. The van der Waals surface area contributed by atoms with E-state index in [-0.39, 0.29) is 11.9 Å². The van der Waals surface area contributed by atoms with Gasteiger partial charge in [-0.3, -0.25) is 4.79 Å². The Hall–Kier alpha value is -2.11. The van der Waals surface area contributed by atoms with Crippen molar-refractivity contribution in [2.24, 2.45) is 13.0 Å². The van der Waals surface area contributed by atoms with E-state index < -0.39 is 0 Å². The minimum Gasteiger partial charge on any atom is -0.426 e. The van der Waals surface area contributed by atoms with E-state index in [1.54, 1.807) is 6.92 Å². The highest BCUT2D eigenvalue weighted by Crippen LogP contribution is 2.28. The largest absolute Gasteiger partial charge is 0.426 e. The molecular weight excluding hydrogens is 280 g/mol. The Balaban J connectivity index is 1.54. The zero-order valence-electron chi connectivity index (χ0n) is 13.3. The molecule has 0 bridgehead atoms. The molecule has 3 rings (SSSR count). The minimum absolute atomic E-state index is 0.0254. The van der Waals surface area contributed by atoms with E-state index >= 15 is 0 Å². The SMILES string of the molecule is Cc1nnc(C[C@@H]2CC[C@H](NC(=O)c3ccn(C)c3C)C2)o1. The summed E-state index contributed by atoms with van der Waals surface area (Å²) in [7, 11) is 1.95. The summed E-state index contributed by atoms with van der Waals surface area (Å²) in [5, 5.41) is 11.1. The standard InChI is InChI=1S/C16H22N4O2/c1-10-14(6-7-20(10)3)16(21)17-13-5-4-12(8-13)9-15-19-18-11(2)22-15/h6-7,12-13H,4-5,8-9H2,1-3H3,(H,17,21)/t12-,13+/m1/s1. The Kier molecular flexibility index (Phi) is 4.00. The molecule has 0 aromatic carbocycles. The second kappa shape index (κ2) is 5.94. The topological polar surface area (TPSA) is 73.0 Å². The molecular formula is C16H22N4O2. The van der Waals surface area contributed by atoms with Crippen molar-refractivity contribution in [3.05, 3.63) is 35.3 Å². The zero-order chi connectivity index (χ0) is 15.7. The lowest BCUT2D eigenvalue weighted by atomic mass is 10.0. The van der Waals surface area contributed by atoms with Gasteiger partial charge in [0.05, 0.1) is 5.56 Å². The van der Waals surface area contributed by atoms with Crippen LogP contribution in [0.2, 0.25) is 0 Å². The molecule has 6 nitrogen and oxygen atoms in total. The summed E-state index contributed by atoms with van der Waals surface area (Å²) < 4.78 is 7.40. The van der Waals surface area contributed by atoms with E-state index in [1.165, 1.54) is 0 Å². The summed E-state index contributed by atoms with van der Waals surface area (Å²) in [6.45, 7) is 3.76. The monoisotopic (exact) mass is 302 g/mol. The van der Waals surface area contributed by atoms with Gasteiger partial charge in [-0.15, -0.1) is 10.2 Å². The Morgan fingerprint density at radius 3 is 2.86 bits per heavy atom. The van der Waals surface area contributed by atoms with Crippen LogP contribution in [0.1, 0.15) is 47.1 Å². The number of carbonyl (C=O) groups is 1. The maximum absolute atomic E-state index is 12.3. The molecule has 2 atom stereocenters. The van der Waals surface area contributed by atoms with Crippen LogP contribution in [0.5, 0.6) is 0 Å². The third-order valence-corrected chi connectivity index (χ3v) is 4.54. The fraction of sp³-hybridized carbons (Fsp3) is 0.562. The molecule has 0 spiro atoms. The van der Waals surface area contributed by atoms with Crippen LogP contribution in [-0.4, -0.2) is 26.7 Å². The van der Waals surface area contributed by atoms with Gasteiger partial charge in [-0.2, -0.15) is 0 Å². The fourth-order valence-electron chi connectivity index (χ4n) is 3.17. The maximum atomic E-state index is 12.3. The summed E-state index contributed by atoms with van der Waals surface area (Å²) in [6, 6.07) is 2.11. The Morgan fingerprint density at radius 1 is 1.41 bits per heavy atom. The van der Waals surface area contributed by atoms with E-state index in [1.807, 2.05) is 30.8 Å². The van der Waals surface area contributed by atoms with Crippen LogP contribution in [0.3, 0.4) is 0 Å². The van der Waals surface area contributed by atoms with Crippen molar-refractivity contribution in [3.8, 4) is 0 Å². The first kappa shape index (κ1) is 14.8. The summed E-state index contributed by atoms with van der Waals surface area (Å²) in [6.07, 6.45) is 5.78. The van der Waals surface area contributed by atoms with Crippen molar-refractivity contribution < 1.29 is 9.21 Å². The smallest absolute Gasteiger partial charge is 0.253 e. The number of amides is 1. The van der Waals surface area contributed by atoms with Gasteiger partial charge in [-0.1, -0.05) is 0 Å². The molecule has 1 aliphatic carbocycles. The molecule has 2 aromatic heterocycles. The van der Waals surface area contributed by atoms with E-state index in [0.29, 0.717) is 17.7 Å². The van der Waals surface area contributed by atoms with Gasteiger partial charge in [-0.05, 0) is 38.2 Å². The molecule has 22 heavy (non-hydrogen) atoms. The number of carbonyl (C=O) groups excluding carboxylic acids is 1. The number of hydrogen-bond acceptors (Lipinski definition) is 4. The third kappa shape index (κ3) is 3.05. The zero-order valence-corrected chi connectivity index (χ0v) is 13.3. The Labute approximate surface area is 129 Å². The van der Waals surface area contributed by atoms with Crippen molar-refractivity contribution in [2.75, 3.05) is 0 Å². The summed E-state index contributed by atoms with van der Waals surface area (Å²) in [5.41, 5.74) is 1.76. The van der Waals surface area contributed by atoms with Crippen molar-refractivity contribution in [2.45, 2.75) is 45.6 Å². The highest BCUT2D eigenvalue weighted by Gasteiger charge is 2.28. The lowest BCUT2D eigenvalue weighted by Crippen LogP contribution is -2.33. The van der Waals surface area contributed by atoms with E-state index in [2.05, 4.69) is 15.5 Å². The second-order valence-electron chi connectivity index (χ2n) is 6.19. The van der Waals surface area contributed by atoms with Crippen LogP contribution in [0, 0.1) is 19.8 Å². The first-order chi connectivity index (χ1) is 10.5. The molecule has 0 unspecified atom stereocenters. The van der Waals surface area contributed by atoms with Crippen LogP contribution in [0.4, 0.5) is 0 Å². The van der Waals surface area contributed by atoms with Gasteiger partial charge in [-0.25, -0.2) is 0 Å². The Bertz CT molecular complexity index is 673. The number of nitrogens with one attached hydrogen (secondary N) is 1. The molecule has 0 radical (unpaired) electrons. The van der Waals surface area contributed by atoms with Gasteiger partial charge in [0.1, 0.15) is 0 Å². The Morgan fingerprint density at radius 2 is 2.23 bits per heavy atom. The average Bonchev–Trinajstić information content (AvgIpc) is 3.15. The van der Waals surface area contributed by atoms with Crippen molar-refractivity contribution in [1.82, 2.24) is 20.1 Å². The molecule has 1 N–H and O–H groups in total. The number of hydrogen-bond donors (Lipinski definition) is 1. The first-order valence-electron chi connectivity index (χ1n) is 7.74. The average molecular weight is 302 g/mol. The van der Waals surface area contributed by atoms with E-state index in [4.69, 9.17) is 4.42 Å². The number of rotatable bonds is 4. The van der Waals surface area contributed by atoms with Crippen molar-refractivity contribution in [1.29, 1.82) is 0 Å². The normalized spacial score (nSPS) is 21.2. The number of aromatic nitrogens is 3. The second-order valence-corrected chi connectivity index (χ2v) is 6.19. The van der Waals surface area contributed by atoms with Gasteiger partial charge in [0.15, 0.2) is 0 Å². The molecule has 1 aliphatic rings. The molecule has 6 heteroatoms. The first-order valence-corrected chi connectivity index (χ1v) is 7.74. The van der Waals surface area contributed by atoms with Gasteiger partial charge in [0.25, 0.3) is 5.91 Å². The van der Waals surface area contributed by atoms with Crippen LogP contribution in [0.15, 0.2) is 16.7 Å². The molecule has 1 amide bonds. The van der Waals surface area contributed by atoms with E-state index in [0.717, 1.165) is 36.9 Å². The van der Waals surface area contributed by atoms with Gasteiger partial charge in [0.2, 0.25) is 11.8 Å². The predicted octanol–water partition coefficient (Wildman–Crippen LogP) is 2.17. The van der Waals surface area contributed by atoms with Crippen LogP contribution >= 0.6 is 0 Å².